The first-order chi connectivity index (χ1) is 12.5. The number of piperidine rings is 1. The topological polar surface area (TPSA) is 82.0 Å². The van der Waals surface area contributed by atoms with Gasteiger partial charge in [-0.3, -0.25) is 9.69 Å². The third-order valence-corrected chi connectivity index (χ3v) is 5.43. The number of ether oxygens (including phenoxy) is 1. The molecule has 26 heavy (non-hydrogen) atoms. The lowest BCUT2D eigenvalue weighted by atomic mass is 9.94. The van der Waals surface area contributed by atoms with Gasteiger partial charge >= 0.3 is 0 Å². The second-order valence-electron chi connectivity index (χ2n) is 7.32. The Balaban J connectivity index is 1.65. The van der Waals surface area contributed by atoms with Crippen molar-refractivity contribution in [2.45, 2.75) is 44.1 Å². The molecule has 1 aromatic carbocycles. The van der Waals surface area contributed by atoms with Crippen molar-refractivity contribution < 1.29 is 24.1 Å². The van der Waals surface area contributed by atoms with Crippen LogP contribution in [0.4, 0.5) is 4.39 Å². The van der Waals surface area contributed by atoms with Crippen molar-refractivity contribution in [1.29, 1.82) is 0 Å². The molecule has 3 N–H and O–H groups in total. The van der Waals surface area contributed by atoms with Gasteiger partial charge in [-0.25, -0.2) is 4.39 Å². The van der Waals surface area contributed by atoms with Crippen LogP contribution in [0.1, 0.15) is 30.1 Å². The molecule has 2 heterocycles. The molecule has 2 aliphatic heterocycles. The fourth-order valence-corrected chi connectivity index (χ4v) is 3.85. The summed E-state index contributed by atoms with van der Waals surface area (Å²) < 4.78 is 19.1. The van der Waals surface area contributed by atoms with Crippen LogP contribution in [0.5, 0.6) is 0 Å². The molecule has 2 fully saturated rings. The Morgan fingerprint density at radius 3 is 2.73 bits per heavy atom. The molecule has 0 unspecified atom stereocenters. The fourth-order valence-electron chi connectivity index (χ4n) is 3.85. The second-order valence-corrected chi connectivity index (χ2v) is 7.32. The van der Waals surface area contributed by atoms with Gasteiger partial charge in [0.15, 0.2) is 0 Å². The van der Waals surface area contributed by atoms with Gasteiger partial charge in [0, 0.05) is 12.1 Å². The molecule has 3 rings (SSSR count). The lowest BCUT2D eigenvalue weighted by Crippen LogP contribution is -2.53. The van der Waals surface area contributed by atoms with E-state index in [0.717, 1.165) is 25.9 Å². The minimum absolute atomic E-state index is 0.194. The average Bonchev–Trinajstić information content (AvgIpc) is 2.96. The molecule has 0 aromatic heterocycles. The van der Waals surface area contributed by atoms with E-state index in [-0.39, 0.29) is 30.7 Å². The maximum absolute atomic E-state index is 13.3. The van der Waals surface area contributed by atoms with Crippen molar-refractivity contribution in [3.8, 4) is 0 Å². The molecular weight excluding hydrogens is 339 g/mol. The number of nitrogens with zero attached hydrogens (tertiary/aromatic N) is 1. The number of amides is 1. The van der Waals surface area contributed by atoms with Crippen molar-refractivity contribution >= 4 is 5.91 Å². The zero-order valence-electron chi connectivity index (χ0n) is 15.0. The number of carbonyl (C=O) groups excluding carboxylic acids is 1. The van der Waals surface area contributed by atoms with Gasteiger partial charge in [-0.05, 0) is 50.0 Å². The van der Waals surface area contributed by atoms with E-state index < -0.39 is 24.1 Å². The molecule has 1 amide bonds. The van der Waals surface area contributed by atoms with Crippen LogP contribution in [0.25, 0.3) is 0 Å². The molecule has 2 aliphatic rings. The minimum atomic E-state index is -0.801. The summed E-state index contributed by atoms with van der Waals surface area (Å²) in [6.45, 7) is 3.86. The fraction of sp³-hybridized carbons (Fsp3) is 0.632. The Morgan fingerprint density at radius 2 is 2.08 bits per heavy atom. The van der Waals surface area contributed by atoms with Crippen molar-refractivity contribution in [3.05, 3.63) is 35.6 Å². The Bertz CT molecular complexity index is 621. The zero-order valence-corrected chi connectivity index (χ0v) is 15.0. The predicted octanol–water partition coefficient (Wildman–Crippen LogP) is 0.777. The van der Waals surface area contributed by atoms with Crippen molar-refractivity contribution in [2.75, 3.05) is 26.2 Å². The highest BCUT2D eigenvalue weighted by Crippen LogP contribution is 2.29. The number of benzene rings is 1. The summed E-state index contributed by atoms with van der Waals surface area (Å²) in [5.74, 6) is -0.197. The highest BCUT2D eigenvalue weighted by molar-refractivity contribution is 5.94. The highest BCUT2D eigenvalue weighted by atomic mass is 19.1. The standard InChI is InChI=1S/C19H27FN2O4/c1-12-5-7-22(8-6-12)17-15(26-16(11-23)18(17)24)10-21-19(25)13-3-2-4-14(20)9-13/h2-4,9,12,15-18,23-24H,5-8,10-11H2,1H3,(H,21,25)/t15-,16+,17+,18-/m1/s1. The molecule has 0 aliphatic carbocycles. The average molecular weight is 366 g/mol. The van der Waals surface area contributed by atoms with Crippen LogP contribution in [0, 0.1) is 11.7 Å². The Morgan fingerprint density at radius 1 is 1.35 bits per heavy atom. The van der Waals surface area contributed by atoms with Gasteiger partial charge in [0.1, 0.15) is 18.0 Å². The van der Waals surface area contributed by atoms with E-state index in [1.807, 2.05) is 0 Å². The lowest BCUT2D eigenvalue weighted by Gasteiger charge is -2.38. The molecule has 1 aromatic rings. The largest absolute Gasteiger partial charge is 0.394 e. The summed E-state index contributed by atoms with van der Waals surface area (Å²) in [6.07, 6.45) is 0.220. The van der Waals surface area contributed by atoms with Crippen LogP contribution in [-0.4, -0.2) is 71.6 Å². The van der Waals surface area contributed by atoms with E-state index in [2.05, 4.69) is 17.1 Å². The van der Waals surface area contributed by atoms with Gasteiger partial charge in [-0.1, -0.05) is 13.0 Å². The summed E-state index contributed by atoms with van der Waals surface area (Å²) in [7, 11) is 0. The van der Waals surface area contributed by atoms with E-state index >= 15 is 0 Å². The summed E-state index contributed by atoms with van der Waals surface area (Å²) in [6, 6.07) is 5.22. The van der Waals surface area contributed by atoms with Crippen LogP contribution in [0.15, 0.2) is 24.3 Å². The summed E-state index contributed by atoms with van der Waals surface area (Å²) in [5.41, 5.74) is 0.241. The Kier molecular flexibility index (Phi) is 6.24. The number of aliphatic hydroxyl groups excluding tert-OH is 2. The first kappa shape index (κ1) is 19.2. The van der Waals surface area contributed by atoms with Gasteiger partial charge in [0.2, 0.25) is 0 Å². The second kappa shape index (κ2) is 8.43. The predicted molar refractivity (Wildman–Crippen MR) is 94.2 cm³/mol. The number of rotatable bonds is 5. The zero-order chi connectivity index (χ0) is 18.7. The normalized spacial score (nSPS) is 30.5. The van der Waals surface area contributed by atoms with Crippen molar-refractivity contribution in [1.82, 2.24) is 10.2 Å². The Hall–Kier alpha value is -1.54. The number of carbonyl (C=O) groups is 1. The molecule has 7 heteroatoms. The number of hydrogen-bond donors (Lipinski definition) is 3. The number of aliphatic hydroxyl groups is 2. The maximum atomic E-state index is 13.3. The minimum Gasteiger partial charge on any atom is -0.394 e. The van der Waals surface area contributed by atoms with Gasteiger partial charge in [-0.15, -0.1) is 0 Å². The third kappa shape index (κ3) is 4.23. The maximum Gasteiger partial charge on any atom is 0.251 e. The lowest BCUT2D eigenvalue weighted by molar-refractivity contribution is -0.0209. The van der Waals surface area contributed by atoms with Gasteiger partial charge in [-0.2, -0.15) is 0 Å². The molecule has 4 atom stereocenters. The smallest absolute Gasteiger partial charge is 0.251 e. The van der Waals surface area contributed by atoms with Crippen molar-refractivity contribution in [3.63, 3.8) is 0 Å². The summed E-state index contributed by atoms with van der Waals surface area (Å²) in [5, 5.41) is 22.8. The van der Waals surface area contributed by atoms with Gasteiger partial charge < -0.3 is 20.3 Å². The van der Waals surface area contributed by atoms with Crippen molar-refractivity contribution in [2.24, 2.45) is 5.92 Å². The molecule has 2 saturated heterocycles. The van der Waals surface area contributed by atoms with Crippen LogP contribution < -0.4 is 5.32 Å². The van der Waals surface area contributed by atoms with E-state index in [0.29, 0.717) is 5.92 Å². The van der Waals surface area contributed by atoms with Gasteiger partial charge in [0.05, 0.1) is 18.8 Å². The Labute approximate surface area is 153 Å². The number of halogens is 1. The van der Waals surface area contributed by atoms with E-state index in [9.17, 15) is 19.4 Å². The molecule has 0 spiro atoms. The van der Waals surface area contributed by atoms with Crippen LogP contribution in [0.2, 0.25) is 0 Å². The van der Waals surface area contributed by atoms with Crippen LogP contribution in [0.3, 0.4) is 0 Å². The number of hydrogen-bond acceptors (Lipinski definition) is 5. The van der Waals surface area contributed by atoms with E-state index in [4.69, 9.17) is 4.74 Å². The monoisotopic (exact) mass is 366 g/mol. The summed E-state index contributed by atoms with van der Waals surface area (Å²) >= 11 is 0. The van der Waals surface area contributed by atoms with E-state index in [1.54, 1.807) is 6.07 Å². The molecule has 0 bridgehead atoms. The van der Waals surface area contributed by atoms with Gasteiger partial charge in [0.25, 0.3) is 5.91 Å². The third-order valence-electron chi connectivity index (χ3n) is 5.43. The number of nitrogens with one attached hydrogen (secondary N) is 1. The SMILES string of the molecule is CC1CCN([C@@H]2[C@H](O)[C@H](CO)O[C@@H]2CNC(=O)c2cccc(F)c2)CC1. The molecule has 0 radical (unpaired) electrons. The molecule has 144 valence electrons. The first-order valence-electron chi connectivity index (χ1n) is 9.21. The molecule has 0 saturated carbocycles. The van der Waals surface area contributed by atoms with Crippen LogP contribution in [-0.2, 0) is 4.74 Å². The van der Waals surface area contributed by atoms with E-state index in [1.165, 1.54) is 18.2 Å². The highest BCUT2D eigenvalue weighted by Gasteiger charge is 2.46. The van der Waals surface area contributed by atoms with Crippen LogP contribution >= 0.6 is 0 Å². The molecule has 6 nitrogen and oxygen atoms in total. The molecular formula is C19H27FN2O4. The quantitative estimate of drug-likeness (QED) is 0.717. The number of likely N-dealkylation sites (tertiary alicyclic amines) is 1. The summed E-state index contributed by atoms with van der Waals surface area (Å²) in [4.78, 5) is 14.4. The first-order valence-corrected chi connectivity index (χ1v) is 9.21.